The van der Waals surface area contributed by atoms with Crippen LogP contribution in [0.4, 0.5) is 15.9 Å². The van der Waals surface area contributed by atoms with E-state index in [1.54, 1.807) is 12.1 Å². The van der Waals surface area contributed by atoms with E-state index in [0.29, 0.717) is 18.1 Å². The number of primary amides is 1. The number of halogens is 1. The van der Waals surface area contributed by atoms with Crippen LogP contribution in [0.1, 0.15) is 12.8 Å². The van der Waals surface area contributed by atoms with E-state index in [1.165, 1.54) is 13.2 Å². The van der Waals surface area contributed by atoms with E-state index in [2.05, 4.69) is 10.3 Å². The highest BCUT2D eigenvalue weighted by molar-refractivity contribution is 7.89. The average Bonchev–Trinajstić information content (AvgIpc) is 2.74. The van der Waals surface area contributed by atoms with Crippen molar-refractivity contribution in [3.05, 3.63) is 48.4 Å². The lowest BCUT2D eigenvalue weighted by Gasteiger charge is -2.32. The van der Waals surface area contributed by atoms with Gasteiger partial charge in [-0.1, -0.05) is 0 Å². The van der Waals surface area contributed by atoms with Gasteiger partial charge in [-0.2, -0.15) is 4.31 Å². The number of rotatable bonds is 7. The lowest BCUT2D eigenvalue weighted by Crippen LogP contribution is -2.41. The van der Waals surface area contributed by atoms with Crippen molar-refractivity contribution in [3.8, 4) is 0 Å². The lowest BCUT2D eigenvalue weighted by atomic mass is 9.97. The Hall–Kier alpha value is -3.05. The Kier molecular flexibility index (Phi) is 6.86. The third-order valence-corrected chi connectivity index (χ3v) is 6.89. The molecular weight excluding hydrogens is 425 g/mol. The Labute approximate surface area is 180 Å². The van der Waals surface area contributed by atoms with Gasteiger partial charge in [-0.05, 0) is 49.2 Å². The Balaban J connectivity index is 1.59. The number of nitrogens with one attached hydrogen (secondary N) is 1. The van der Waals surface area contributed by atoms with Gasteiger partial charge in [0.05, 0.1) is 29.2 Å². The number of anilines is 2. The first kappa shape index (κ1) is 22.6. The number of pyridine rings is 1. The van der Waals surface area contributed by atoms with Crippen molar-refractivity contribution < 1.29 is 22.4 Å². The van der Waals surface area contributed by atoms with E-state index in [0.717, 1.165) is 48.0 Å². The van der Waals surface area contributed by atoms with Crippen LogP contribution >= 0.6 is 0 Å². The summed E-state index contributed by atoms with van der Waals surface area (Å²) in [5, 5.41) is 2.60. The summed E-state index contributed by atoms with van der Waals surface area (Å²) in [5.41, 5.74) is 5.81. The second-order valence-electron chi connectivity index (χ2n) is 7.36. The first-order valence-electron chi connectivity index (χ1n) is 9.69. The van der Waals surface area contributed by atoms with Crippen LogP contribution in [-0.4, -0.2) is 56.2 Å². The van der Waals surface area contributed by atoms with Crippen LogP contribution in [-0.2, 0) is 19.6 Å². The minimum atomic E-state index is -3.93. The first-order chi connectivity index (χ1) is 14.7. The smallest absolute Gasteiger partial charge is 0.243 e. The summed E-state index contributed by atoms with van der Waals surface area (Å²) in [6, 6.07) is 7.75. The number of nitrogens with two attached hydrogens (primary N) is 1. The number of benzene rings is 1. The predicted molar refractivity (Wildman–Crippen MR) is 113 cm³/mol. The third-order valence-electron chi connectivity index (χ3n) is 5.07. The first-order valence-corrected chi connectivity index (χ1v) is 11.1. The van der Waals surface area contributed by atoms with E-state index in [-0.39, 0.29) is 16.7 Å². The second-order valence-corrected chi connectivity index (χ2v) is 9.40. The molecule has 1 aromatic heterocycles. The molecule has 0 spiro atoms. The Morgan fingerprint density at radius 3 is 2.58 bits per heavy atom. The molecule has 1 aliphatic rings. The van der Waals surface area contributed by atoms with Crippen LogP contribution in [0.15, 0.2) is 47.5 Å². The lowest BCUT2D eigenvalue weighted by molar-refractivity contribution is -0.122. The molecule has 1 fully saturated rings. The maximum absolute atomic E-state index is 13.0. The van der Waals surface area contributed by atoms with Gasteiger partial charge >= 0.3 is 0 Å². The van der Waals surface area contributed by atoms with Crippen LogP contribution in [0.3, 0.4) is 0 Å². The monoisotopic (exact) mass is 449 g/mol. The molecule has 2 heterocycles. The molecule has 1 atom stereocenters. The molecule has 1 aromatic carbocycles. The molecule has 1 unspecified atom stereocenters. The molecular formula is C20H24FN5O4S. The van der Waals surface area contributed by atoms with Crippen molar-refractivity contribution in [2.75, 3.05) is 36.9 Å². The van der Waals surface area contributed by atoms with Gasteiger partial charge in [-0.25, -0.2) is 17.8 Å². The third kappa shape index (κ3) is 5.56. The highest BCUT2D eigenvalue weighted by Gasteiger charge is 2.25. The van der Waals surface area contributed by atoms with Crippen molar-refractivity contribution >= 4 is 33.3 Å². The molecule has 11 heteroatoms. The van der Waals surface area contributed by atoms with E-state index in [9.17, 15) is 22.4 Å². The van der Waals surface area contributed by atoms with Gasteiger partial charge in [0.15, 0.2) is 0 Å². The minimum absolute atomic E-state index is 0.106. The van der Waals surface area contributed by atoms with Crippen LogP contribution < -0.4 is 16.0 Å². The van der Waals surface area contributed by atoms with Gasteiger partial charge in [0.1, 0.15) is 11.6 Å². The zero-order chi connectivity index (χ0) is 22.6. The zero-order valence-corrected chi connectivity index (χ0v) is 17.8. The molecule has 0 saturated carbocycles. The van der Waals surface area contributed by atoms with Crippen molar-refractivity contribution in [1.29, 1.82) is 0 Å². The summed E-state index contributed by atoms with van der Waals surface area (Å²) in [5.74, 6) is -0.971. The number of amides is 2. The van der Waals surface area contributed by atoms with Crippen molar-refractivity contribution in [2.45, 2.75) is 17.7 Å². The fourth-order valence-electron chi connectivity index (χ4n) is 3.34. The van der Waals surface area contributed by atoms with Crippen molar-refractivity contribution in [1.82, 2.24) is 9.29 Å². The number of carbonyl (C=O) groups is 2. The van der Waals surface area contributed by atoms with Gasteiger partial charge in [0.2, 0.25) is 21.8 Å². The van der Waals surface area contributed by atoms with Crippen LogP contribution in [0, 0.1) is 11.7 Å². The summed E-state index contributed by atoms with van der Waals surface area (Å²) in [6.07, 6.45) is 3.06. The number of aromatic nitrogens is 1. The number of hydrogen-bond acceptors (Lipinski definition) is 6. The average molecular weight is 450 g/mol. The van der Waals surface area contributed by atoms with Gasteiger partial charge in [0.25, 0.3) is 0 Å². The second kappa shape index (κ2) is 9.40. The number of sulfonamides is 1. The Bertz CT molecular complexity index is 1040. The summed E-state index contributed by atoms with van der Waals surface area (Å²) >= 11 is 0. The maximum atomic E-state index is 13.0. The molecule has 2 amide bonds. The molecule has 31 heavy (non-hydrogen) atoms. The number of likely N-dealkylation sites (N-methyl/N-ethyl adjacent to an activating group) is 1. The standard InChI is InChI=1S/C20H24FN5O4S/c1-25(31(29,30)17-7-4-15(21)5-8-17)13-19(27)24-16-6-9-18(23-11-16)26-10-2-3-14(12-26)20(22)28/h4-9,11,14H,2-3,10,12-13H2,1H3,(H2,22,28)(H,24,27). The minimum Gasteiger partial charge on any atom is -0.369 e. The molecule has 0 aliphatic carbocycles. The molecule has 3 rings (SSSR count). The van der Waals surface area contributed by atoms with Crippen LogP contribution in [0.25, 0.3) is 0 Å². The largest absolute Gasteiger partial charge is 0.369 e. The van der Waals surface area contributed by atoms with E-state index < -0.39 is 28.3 Å². The van der Waals surface area contributed by atoms with E-state index in [4.69, 9.17) is 5.73 Å². The van der Waals surface area contributed by atoms with Gasteiger partial charge in [-0.3, -0.25) is 9.59 Å². The predicted octanol–water partition coefficient (Wildman–Crippen LogP) is 1.18. The number of piperidine rings is 1. The van der Waals surface area contributed by atoms with E-state index in [1.807, 2.05) is 4.90 Å². The fraction of sp³-hybridized carbons (Fsp3) is 0.350. The van der Waals surface area contributed by atoms with Crippen molar-refractivity contribution in [3.63, 3.8) is 0 Å². The normalized spacial score (nSPS) is 16.9. The maximum Gasteiger partial charge on any atom is 0.243 e. The number of nitrogens with zero attached hydrogens (tertiary/aromatic N) is 3. The molecule has 0 radical (unpaired) electrons. The SMILES string of the molecule is CN(CC(=O)Nc1ccc(N2CCCC(C(N)=O)C2)nc1)S(=O)(=O)c1ccc(F)cc1. The molecule has 0 bridgehead atoms. The van der Waals surface area contributed by atoms with Crippen LogP contribution in [0.5, 0.6) is 0 Å². The fourth-order valence-corrected chi connectivity index (χ4v) is 4.47. The molecule has 1 saturated heterocycles. The Morgan fingerprint density at radius 1 is 1.26 bits per heavy atom. The van der Waals surface area contributed by atoms with E-state index >= 15 is 0 Å². The zero-order valence-electron chi connectivity index (χ0n) is 17.0. The number of carbonyl (C=O) groups excluding carboxylic acids is 2. The molecule has 166 valence electrons. The summed E-state index contributed by atoms with van der Waals surface area (Å²) in [6.45, 7) is 0.836. The topological polar surface area (TPSA) is 126 Å². The molecule has 3 N–H and O–H groups in total. The highest BCUT2D eigenvalue weighted by Crippen LogP contribution is 2.22. The molecule has 9 nitrogen and oxygen atoms in total. The van der Waals surface area contributed by atoms with Gasteiger partial charge in [0, 0.05) is 20.1 Å². The number of hydrogen-bond donors (Lipinski definition) is 2. The quantitative estimate of drug-likeness (QED) is 0.654. The molecule has 2 aromatic rings. The van der Waals surface area contributed by atoms with Crippen molar-refractivity contribution in [2.24, 2.45) is 11.7 Å². The molecule has 1 aliphatic heterocycles. The van der Waals surface area contributed by atoms with Crippen LogP contribution in [0.2, 0.25) is 0 Å². The summed E-state index contributed by atoms with van der Waals surface area (Å²) in [4.78, 5) is 29.9. The van der Waals surface area contributed by atoms with Gasteiger partial charge in [-0.15, -0.1) is 0 Å². The highest BCUT2D eigenvalue weighted by atomic mass is 32.2. The Morgan fingerprint density at radius 2 is 1.97 bits per heavy atom. The summed E-state index contributed by atoms with van der Waals surface area (Å²) < 4.78 is 38.9. The summed E-state index contributed by atoms with van der Waals surface area (Å²) in [7, 11) is -2.66. The van der Waals surface area contributed by atoms with Gasteiger partial charge < -0.3 is 16.0 Å².